The van der Waals surface area contributed by atoms with Crippen LogP contribution in [0, 0.1) is 15.9 Å². The number of hydrogen-bond acceptors (Lipinski definition) is 5. The number of anilines is 1. The van der Waals surface area contributed by atoms with E-state index in [2.05, 4.69) is 0 Å². The maximum absolute atomic E-state index is 13.4. The summed E-state index contributed by atoms with van der Waals surface area (Å²) in [4.78, 5) is 23.4. The molecule has 0 saturated carbocycles. The van der Waals surface area contributed by atoms with Crippen LogP contribution in [-0.4, -0.2) is 41.0 Å². The predicted octanol–water partition coefficient (Wildman–Crippen LogP) is 1.55. The first-order valence-corrected chi connectivity index (χ1v) is 6.48. The van der Waals surface area contributed by atoms with Gasteiger partial charge in [0.25, 0.3) is 11.6 Å². The number of amides is 1. The van der Waals surface area contributed by atoms with Gasteiger partial charge in [0, 0.05) is 20.2 Å². The van der Waals surface area contributed by atoms with Crippen molar-refractivity contribution in [3.63, 3.8) is 0 Å². The third kappa shape index (κ3) is 4.38. The molecule has 0 aliphatic rings. The molecule has 0 spiro atoms. The van der Waals surface area contributed by atoms with E-state index in [1.165, 1.54) is 11.9 Å². The number of halogens is 1. The first kappa shape index (κ1) is 16.8. The van der Waals surface area contributed by atoms with Gasteiger partial charge in [0.05, 0.1) is 16.6 Å². The van der Waals surface area contributed by atoms with Gasteiger partial charge in [0.1, 0.15) is 11.5 Å². The molecule has 116 valence electrons. The third-order valence-corrected chi connectivity index (χ3v) is 3.05. The summed E-state index contributed by atoms with van der Waals surface area (Å²) in [5, 5.41) is 19.4. The van der Waals surface area contributed by atoms with E-state index in [-0.39, 0.29) is 17.9 Å². The molecule has 1 rings (SSSR count). The number of nitrogens with two attached hydrogens (primary N) is 1. The molecule has 0 radical (unpaired) electrons. The molecule has 0 unspecified atom stereocenters. The second-order valence-electron chi connectivity index (χ2n) is 4.65. The minimum Gasteiger partial charge on any atom is -0.396 e. The maximum atomic E-state index is 13.4. The lowest BCUT2D eigenvalue weighted by molar-refractivity contribution is -0.384. The molecule has 0 aromatic heterocycles. The van der Waals surface area contributed by atoms with E-state index in [0.717, 1.165) is 12.5 Å². The summed E-state index contributed by atoms with van der Waals surface area (Å²) in [6, 6.07) is 1.59. The highest BCUT2D eigenvalue weighted by molar-refractivity contribution is 6.00. The Hall–Kier alpha value is -2.22. The van der Waals surface area contributed by atoms with Crippen molar-refractivity contribution < 1.29 is 19.2 Å². The third-order valence-electron chi connectivity index (χ3n) is 3.05. The van der Waals surface area contributed by atoms with Gasteiger partial charge in [-0.2, -0.15) is 0 Å². The van der Waals surface area contributed by atoms with E-state index in [0.29, 0.717) is 25.5 Å². The second-order valence-corrected chi connectivity index (χ2v) is 4.65. The average Bonchev–Trinajstić information content (AvgIpc) is 2.44. The molecule has 0 heterocycles. The standard InChI is InChI=1S/C13H18FN3O4/c1-16(5-3-2-4-6-18)13(19)10-7-9(14)8-11(12(10)15)17(20)21/h7-8,18H,2-6,15H2,1H3. The zero-order valence-corrected chi connectivity index (χ0v) is 11.7. The average molecular weight is 299 g/mol. The summed E-state index contributed by atoms with van der Waals surface area (Å²) >= 11 is 0. The Kier molecular flexibility index (Phi) is 6.04. The zero-order chi connectivity index (χ0) is 16.0. The summed E-state index contributed by atoms with van der Waals surface area (Å²) in [6.45, 7) is 0.475. The number of nitro groups is 1. The Labute approximate surface area is 121 Å². The summed E-state index contributed by atoms with van der Waals surface area (Å²) in [5.41, 5.74) is 4.41. The van der Waals surface area contributed by atoms with Crippen LogP contribution in [0.25, 0.3) is 0 Å². The van der Waals surface area contributed by atoms with Gasteiger partial charge in [0.15, 0.2) is 0 Å². The number of carbonyl (C=O) groups is 1. The van der Waals surface area contributed by atoms with E-state index >= 15 is 0 Å². The molecular formula is C13H18FN3O4. The Balaban J connectivity index is 2.89. The fraction of sp³-hybridized carbons (Fsp3) is 0.462. The maximum Gasteiger partial charge on any atom is 0.295 e. The Morgan fingerprint density at radius 1 is 1.43 bits per heavy atom. The number of carbonyl (C=O) groups excluding carboxylic acids is 1. The van der Waals surface area contributed by atoms with Crippen LogP contribution in [0.4, 0.5) is 15.8 Å². The number of hydrogen-bond donors (Lipinski definition) is 2. The molecule has 1 aromatic carbocycles. The molecule has 1 amide bonds. The fourth-order valence-electron chi connectivity index (χ4n) is 1.88. The molecule has 0 fully saturated rings. The first-order chi connectivity index (χ1) is 9.88. The number of rotatable bonds is 7. The van der Waals surface area contributed by atoms with Gasteiger partial charge in [-0.1, -0.05) is 0 Å². The highest BCUT2D eigenvalue weighted by Crippen LogP contribution is 2.27. The highest BCUT2D eigenvalue weighted by atomic mass is 19.1. The van der Waals surface area contributed by atoms with Crippen LogP contribution in [0.15, 0.2) is 12.1 Å². The van der Waals surface area contributed by atoms with Crippen molar-refractivity contribution in [2.75, 3.05) is 25.9 Å². The second kappa shape index (κ2) is 7.53. The van der Waals surface area contributed by atoms with Crippen molar-refractivity contribution in [1.82, 2.24) is 4.90 Å². The van der Waals surface area contributed by atoms with E-state index in [4.69, 9.17) is 10.8 Å². The lowest BCUT2D eigenvalue weighted by Gasteiger charge is -2.18. The van der Waals surface area contributed by atoms with Gasteiger partial charge in [-0.3, -0.25) is 14.9 Å². The van der Waals surface area contributed by atoms with Gasteiger partial charge in [-0.25, -0.2) is 4.39 Å². The van der Waals surface area contributed by atoms with Crippen LogP contribution in [0.2, 0.25) is 0 Å². The van der Waals surface area contributed by atoms with Crippen molar-refractivity contribution in [2.45, 2.75) is 19.3 Å². The van der Waals surface area contributed by atoms with Crippen molar-refractivity contribution in [3.05, 3.63) is 33.6 Å². The van der Waals surface area contributed by atoms with Crippen LogP contribution >= 0.6 is 0 Å². The molecule has 0 aliphatic carbocycles. The van der Waals surface area contributed by atoms with Crippen LogP contribution in [0.3, 0.4) is 0 Å². The van der Waals surface area contributed by atoms with E-state index < -0.39 is 22.3 Å². The smallest absolute Gasteiger partial charge is 0.295 e. The number of benzene rings is 1. The number of aliphatic hydroxyl groups is 1. The quantitative estimate of drug-likeness (QED) is 0.343. The summed E-state index contributed by atoms with van der Waals surface area (Å²) < 4.78 is 13.4. The molecule has 0 saturated heterocycles. The topological polar surface area (TPSA) is 110 Å². The van der Waals surface area contributed by atoms with Gasteiger partial charge in [-0.15, -0.1) is 0 Å². The fourth-order valence-corrected chi connectivity index (χ4v) is 1.88. The highest BCUT2D eigenvalue weighted by Gasteiger charge is 2.23. The van der Waals surface area contributed by atoms with Crippen molar-refractivity contribution in [1.29, 1.82) is 0 Å². The van der Waals surface area contributed by atoms with Crippen molar-refractivity contribution in [3.8, 4) is 0 Å². The number of aliphatic hydroxyl groups excluding tert-OH is 1. The molecule has 1 aromatic rings. The number of unbranched alkanes of at least 4 members (excludes halogenated alkanes) is 2. The van der Waals surface area contributed by atoms with Crippen molar-refractivity contribution in [2.24, 2.45) is 0 Å². The normalized spacial score (nSPS) is 10.4. The lowest BCUT2D eigenvalue weighted by atomic mass is 10.1. The molecule has 7 nitrogen and oxygen atoms in total. The monoisotopic (exact) mass is 299 g/mol. The summed E-state index contributed by atoms with van der Waals surface area (Å²) in [6.07, 6.45) is 2.04. The van der Waals surface area contributed by atoms with Crippen molar-refractivity contribution >= 4 is 17.3 Å². The molecule has 8 heteroatoms. The Bertz CT molecular complexity index is 536. The zero-order valence-electron chi connectivity index (χ0n) is 11.7. The van der Waals surface area contributed by atoms with E-state index in [9.17, 15) is 19.3 Å². The number of nitro benzene ring substituents is 1. The van der Waals surface area contributed by atoms with E-state index in [1.54, 1.807) is 0 Å². The van der Waals surface area contributed by atoms with Crippen LogP contribution < -0.4 is 5.73 Å². The van der Waals surface area contributed by atoms with E-state index in [1.807, 2.05) is 0 Å². The Morgan fingerprint density at radius 2 is 2.10 bits per heavy atom. The largest absolute Gasteiger partial charge is 0.396 e. The van der Waals surface area contributed by atoms with Gasteiger partial charge in [0.2, 0.25) is 0 Å². The van der Waals surface area contributed by atoms with Crippen LogP contribution in [0.1, 0.15) is 29.6 Å². The van der Waals surface area contributed by atoms with Gasteiger partial charge in [-0.05, 0) is 25.3 Å². The molecule has 21 heavy (non-hydrogen) atoms. The molecule has 3 N–H and O–H groups in total. The molecule has 0 atom stereocenters. The molecular weight excluding hydrogens is 281 g/mol. The van der Waals surface area contributed by atoms with Gasteiger partial charge >= 0.3 is 0 Å². The minimum absolute atomic E-state index is 0.0840. The summed E-state index contributed by atoms with van der Waals surface area (Å²) in [7, 11) is 1.51. The first-order valence-electron chi connectivity index (χ1n) is 6.48. The lowest BCUT2D eigenvalue weighted by Crippen LogP contribution is -2.28. The predicted molar refractivity (Wildman–Crippen MR) is 75.4 cm³/mol. The Morgan fingerprint density at radius 3 is 2.67 bits per heavy atom. The number of nitrogen functional groups attached to an aromatic ring is 1. The van der Waals surface area contributed by atoms with Crippen LogP contribution in [-0.2, 0) is 0 Å². The number of nitrogens with zero attached hydrogens (tertiary/aromatic N) is 2. The van der Waals surface area contributed by atoms with Crippen LogP contribution in [0.5, 0.6) is 0 Å². The molecule has 0 aliphatic heterocycles. The molecule has 0 bridgehead atoms. The van der Waals surface area contributed by atoms with Gasteiger partial charge < -0.3 is 15.7 Å². The SMILES string of the molecule is CN(CCCCCO)C(=O)c1cc(F)cc([N+](=O)[O-])c1N. The minimum atomic E-state index is -0.882. The summed E-state index contributed by atoms with van der Waals surface area (Å²) in [5.74, 6) is -1.45.